The molecule has 5 rings (SSSR count). The van der Waals surface area contributed by atoms with Crippen LogP contribution in [-0.2, 0) is 35.1 Å². The SMILES string of the molecule is CC(=O)OCN1C(=O)N2COCN3C(=O)N(COC(C)=O)C1(c1ccccc1)C23c1ccccc1. The molecule has 0 N–H and O–H groups in total. The highest BCUT2D eigenvalue weighted by molar-refractivity contribution is 5.90. The Morgan fingerprint density at radius 3 is 1.54 bits per heavy atom. The largest absolute Gasteiger partial charge is 0.444 e. The summed E-state index contributed by atoms with van der Waals surface area (Å²) in [6.45, 7) is 1.38. The first kappa shape index (κ1) is 22.7. The van der Waals surface area contributed by atoms with Crippen molar-refractivity contribution in [3.05, 3.63) is 71.8 Å². The van der Waals surface area contributed by atoms with Crippen molar-refractivity contribution in [3.63, 3.8) is 0 Å². The van der Waals surface area contributed by atoms with Crippen molar-refractivity contribution >= 4 is 24.0 Å². The molecular formula is C24H24N4O7. The van der Waals surface area contributed by atoms with Crippen molar-refractivity contribution < 1.29 is 33.4 Å². The minimum absolute atomic E-state index is 0.107. The van der Waals surface area contributed by atoms with Gasteiger partial charge >= 0.3 is 24.0 Å². The second-order valence-electron chi connectivity index (χ2n) is 8.35. The lowest BCUT2D eigenvalue weighted by atomic mass is 9.80. The summed E-state index contributed by atoms with van der Waals surface area (Å²) >= 11 is 0. The molecule has 3 saturated heterocycles. The molecule has 3 fully saturated rings. The van der Waals surface area contributed by atoms with Crippen LogP contribution < -0.4 is 0 Å². The van der Waals surface area contributed by atoms with E-state index in [0.717, 1.165) is 0 Å². The van der Waals surface area contributed by atoms with Gasteiger partial charge in [-0.15, -0.1) is 0 Å². The summed E-state index contributed by atoms with van der Waals surface area (Å²) in [6.07, 6.45) is 0. The van der Waals surface area contributed by atoms with Crippen molar-refractivity contribution in [2.75, 3.05) is 26.9 Å². The van der Waals surface area contributed by atoms with Crippen molar-refractivity contribution in [1.82, 2.24) is 19.6 Å². The zero-order chi connectivity index (χ0) is 24.8. The van der Waals surface area contributed by atoms with Crippen molar-refractivity contribution in [2.24, 2.45) is 0 Å². The lowest BCUT2D eigenvalue weighted by Crippen LogP contribution is -2.66. The van der Waals surface area contributed by atoms with E-state index in [-0.39, 0.29) is 13.5 Å². The molecular weight excluding hydrogens is 456 g/mol. The molecule has 0 saturated carbocycles. The van der Waals surface area contributed by atoms with Gasteiger partial charge in [-0.3, -0.25) is 29.2 Å². The first-order valence-electron chi connectivity index (χ1n) is 11.0. The molecule has 11 heteroatoms. The lowest BCUT2D eigenvalue weighted by Gasteiger charge is -2.51. The Kier molecular flexibility index (Phi) is 5.36. The first-order chi connectivity index (χ1) is 16.9. The van der Waals surface area contributed by atoms with Gasteiger partial charge in [-0.25, -0.2) is 9.59 Å². The predicted molar refractivity (Wildman–Crippen MR) is 118 cm³/mol. The van der Waals surface area contributed by atoms with Crippen LogP contribution in [-0.4, -0.2) is 70.5 Å². The number of ether oxygens (including phenoxy) is 3. The van der Waals surface area contributed by atoms with Crippen LogP contribution in [0, 0.1) is 0 Å². The average Bonchev–Trinajstić information content (AvgIpc) is 3.23. The third kappa shape index (κ3) is 2.94. The Labute approximate surface area is 201 Å². The van der Waals surface area contributed by atoms with Crippen LogP contribution in [0.2, 0.25) is 0 Å². The maximum Gasteiger partial charge on any atom is 0.329 e. The number of esters is 2. The monoisotopic (exact) mass is 480 g/mol. The molecule has 0 radical (unpaired) electrons. The Hall–Kier alpha value is -4.12. The molecule has 0 unspecified atom stereocenters. The maximum absolute atomic E-state index is 14.0. The van der Waals surface area contributed by atoms with E-state index in [2.05, 4.69) is 0 Å². The number of hydrogen-bond donors (Lipinski definition) is 0. The van der Waals surface area contributed by atoms with E-state index in [1.54, 1.807) is 24.3 Å². The molecule has 0 aliphatic carbocycles. The lowest BCUT2D eigenvalue weighted by molar-refractivity contribution is -0.191. The minimum Gasteiger partial charge on any atom is -0.444 e. The van der Waals surface area contributed by atoms with Crippen LogP contribution in [0.15, 0.2) is 60.7 Å². The van der Waals surface area contributed by atoms with Crippen molar-refractivity contribution in [1.29, 1.82) is 0 Å². The third-order valence-electron chi connectivity index (χ3n) is 6.56. The van der Waals surface area contributed by atoms with Crippen LogP contribution in [0.25, 0.3) is 0 Å². The van der Waals surface area contributed by atoms with E-state index in [1.165, 1.54) is 33.4 Å². The van der Waals surface area contributed by atoms with Gasteiger partial charge in [-0.05, 0) is 0 Å². The van der Waals surface area contributed by atoms with Gasteiger partial charge in [0.1, 0.15) is 13.5 Å². The van der Waals surface area contributed by atoms with Gasteiger partial charge in [0, 0.05) is 25.0 Å². The Morgan fingerprint density at radius 2 is 1.14 bits per heavy atom. The van der Waals surface area contributed by atoms with Crippen LogP contribution in [0.5, 0.6) is 0 Å². The van der Waals surface area contributed by atoms with E-state index < -0.39 is 48.8 Å². The molecule has 0 atom stereocenters. The fourth-order valence-electron chi connectivity index (χ4n) is 5.39. The minimum atomic E-state index is -1.57. The molecule has 0 spiro atoms. The first-order valence-corrected chi connectivity index (χ1v) is 11.0. The smallest absolute Gasteiger partial charge is 0.329 e. The van der Waals surface area contributed by atoms with Gasteiger partial charge in [-0.1, -0.05) is 60.7 Å². The Balaban J connectivity index is 1.87. The van der Waals surface area contributed by atoms with Crippen molar-refractivity contribution in [3.8, 4) is 0 Å². The number of nitrogens with zero attached hydrogens (tertiary/aromatic N) is 4. The standard InChI is InChI=1S/C24H24N4O7/c1-17(29)34-15-27-21(31)25-13-33-14-26-22(32)28(16-35-18(2)30)24(27,20-11-7-4-8-12-20)23(25,26)19-9-5-3-6-10-19/h3-12H,13-16H2,1-2H3. The quantitative estimate of drug-likeness (QED) is 0.583. The highest BCUT2D eigenvalue weighted by Gasteiger charge is 2.81. The number of urea groups is 2. The molecule has 3 aliphatic rings. The van der Waals surface area contributed by atoms with E-state index >= 15 is 0 Å². The van der Waals surface area contributed by atoms with E-state index in [9.17, 15) is 19.2 Å². The second kappa shape index (κ2) is 8.27. The summed E-state index contributed by atoms with van der Waals surface area (Å²) in [6, 6.07) is 17.1. The van der Waals surface area contributed by atoms with Gasteiger partial charge in [0.2, 0.25) is 0 Å². The van der Waals surface area contributed by atoms with E-state index in [4.69, 9.17) is 14.2 Å². The molecule has 11 nitrogen and oxygen atoms in total. The topological polar surface area (TPSA) is 109 Å². The molecule has 4 amide bonds. The summed E-state index contributed by atoms with van der Waals surface area (Å²) in [5.41, 5.74) is -1.78. The van der Waals surface area contributed by atoms with Gasteiger partial charge in [0.05, 0.1) is 0 Å². The normalized spacial score (nSPS) is 25.1. The Bertz CT molecular complexity index is 1130. The summed E-state index contributed by atoms with van der Waals surface area (Å²) in [4.78, 5) is 57.2. The third-order valence-corrected chi connectivity index (χ3v) is 6.56. The molecule has 2 aromatic carbocycles. The summed E-state index contributed by atoms with van der Waals surface area (Å²) in [5, 5.41) is 0. The highest BCUT2D eigenvalue weighted by Crippen LogP contribution is 2.62. The summed E-state index contributed by atoms with van der Waals surface area (Å²) in [5.74, 6) is -1.19. The number of carbonyl (C=O) groups is 4. The number of amides is 4. The van der Waals surface area contributed by atoms with Gasteiger partial charge < -0.3 is 14.2 Å². The molecule has 2 aromatic rings. The fourth-order valence-corrected chi connectivity index (χ4v) is 5.39. The van der Waals surface area contributed by atoms with Crippen LogP contribution in [0.4, 0.5) is 9.59 Å². The van der Waals surface area contributed by atoms with E-state index in [1.807, 2.05) is 36.4 Å². The molecule has 3 aliphatic heterocycles. The van der Waals surface area contributed by atoms with Gasteiger partial charge in [0.25, 0.3) is 0 Å². The van der Waals surface area contributed by atoms with E-state index in [0.29, 0.717) is 11.1 Å². The summed E-state index contributed by atoms with van der Waals surface area (Å²) in [7, 11) is 0. The summed E-state index contributed by atoms with van der Waals surface area (Å²) < 4.78 is 16.3. The van der Waals surface area contributed by atoms with Gasteiger partial charge in [0.15, 0.2) is 24.8 Å². The maximum atomic E-state index is 14.0. The highest BCUT2D eigenvalue weighted by atomic mass is 16.6. The Morgan fingerprint density at radius 1 is 0.743 bits per heavy atom. The predicted octanol–water partition coefficient (Wildman–Crippen LogP) is 2.15. The van der Waals surface area contributed by atoms with Gasteiger partial charge in [-0.2, -0.15) is 0 Å². The van der Waals surface area contributed by atoms with Crippen LogP contribution in [0.3, 0.4) is 0 Å². The van der Waals surface area contributed by atoms with Crippen LogP contribution in [0.1, 0.15) is 25.0 Å². The zero-order valence-electron chi connectivity index (χ0n) is 19.2. The second-order valence-corrected chi connectivity index (χ2v) is 8.35. The number of hydrogen-bond acceptors (Lipinski definition) is 7. The fraction of sp³-hybridized carbons (Fsp3) is 0.333. The molecule has 182 valence electrons. The number of rotatable bonds is 6. The molecule has 35 heavy (non-hydrogen) atoms. The molecule has 0 bridgehead atoms. The zero-order valence-corrected chi connectivity index (χ0v) is 19.2. The van der Waals surface area contributed by atoms with Crippen molar-refractivity contribution in [2.45, 2.75) is 25.2 Å². The molecule has 0 aromatic heterocycles. The number of benzene rings is 2. The van der Waals surface area contributed by atoms with Crippen LogP contribution >= 0.6 is 0 Å². The molecule has 3 heterocycles. The average molecular weight is 480 g/mol. The number of carbonyl (C=O) groups excluding carboxylic acids is 4.